The van der Waals surface area contributed by atoms with E-state index in [0.717, 1.165) is 44.8 Å². The summed E-state index contributed by atoms with van der Waals surface area (Å²) in [5.41, 5.74) is 0. The summed E-state index contributed by atoms with van der Waals surface area (Å²) in [6, 6.07) is 7.68. The van der Waals surface area contributed by atoms with Crippen LogP contribution in [0.25, 0.3) is 0 Å². The van der Waals surface area contributed by atoms with E-state index < -0.39 is 0 Å². The molecule has 1 aromatic heterocycles. The van der Waals surface area contributed by atoms with Gasteiger partial charge >= 0.3 is 0 Å². The van der Waals surface area contributed by atoms with Crippen LogP contribution in [0.15, 0.2) is 43.0 Å². The molecular formula is C16H20ClN3O. The number of rotatable bonds is 6. The van der Waals surface area contributed by atoms with E-state index in [0.29, 0.717) is 5.02 Å². The highest BCUT2D eigenvalue weighted by Crippen LogP contribution is 2.26. The molecular weight excluding hydrogens is 286 g/mol. The molecule has 1 aliphatic heterocycles. The van der Waals surface area contributed by atoms with Gasteiger partial charge in [0.2, 0.25) is 0 Å². The lowest BCUT2D eigenvalue weighted by Gasteiger charge is -2.17. The van der Waals surface area contributed by atoms with Crippen LogP contribution >= 0.6 is 11.6 Å². The Kier molecular flexibility index (Phi) is 4.78. The summed E-state index contributed by atoms with van der Waals surface area (Å²) in [6.45, 7) is 4.20. The molecule has 0 amide bonds. The maximum Gasteiger partial charge on any atom is 0.138 e. The van der Waals surface area contributed by atoms with Crippen molar-refractivity contribution in [1.29, 1.82) is 0 Å². The van der Waals surface area contributed by atoms with Gasteiger partial charge < -0.3 is 9.30 Å². The van der Waals surface area contributed by atoms with Crippen LogP contribution in [0.4, 0.5) is 0 Å². The number of aryl methyl sites for hydroxylation is 1. The van der Waals surface area contributed by atoms with Crippen LogP contribution in [0, 0.1) is 0 Å². The Morgan fingerprint density at radius 1 is 1.29 bits per heavy atom. The molecule has 2 aromatic rings. The lowest BCUT2D eigenvalue weighted by atomic mass is 10.3. The summed E-state index contributed by atoms with van der Waals surface area (Å²) in [5.74, 6) is 0.796. The van der Waals surface area contributed by atoms with Gasteiger partial charge in [0.15, 0.2) is 0 Å². The second kappa shape index (κ2) is 6.96. The van der Waals surface area contributed by atoms with E-state index in [9.17, 15) is 0 Å². The standard InChI is InChI=1S/C16H20ClN3O/c17-15-4-1-2-5-16(15)21-14-6-10-19(12-14)8-3-9-20-11-7-18-13-20/h1-2,4-5,7,11,13-14H,3,6,8-10,12H2/t14-/m0/s1. The second-order valence-electron chi connectivity index (χ2n) is 5.41. The summed E-state index contributed by atoms with van der Waals surface area (Å²) >= 11 is 6.13. The third-order valence-corrected chi connectivity index (χ3v) is 4.12. The first kappa shape index (κ1) is 14.4. The summed E-state index contributed by atoms with van der Waals surface area (Å²) in [4.78, 5) is 6.51. The van der Waals surface area contributed by atoms with Gasteiger partial charge in [-0.15, -0.1) is 0 Å². The van der Waals surface area contributed by atoms with Gasteiger partial charge in [-0.3, -0.25) is 4.90 Å². The Morgan fingerprint density at radius 2 is 2.19 bits per heavy atom. The Morgan fingerprint density at radius 3 is 3.00 bits per heavy atom. The van der Waals surface area contributed by atoms with Crippen LogP contribution < -0.4 is 4.74 Å². The van der Waals surface area contributed by atoms with Crippen molar-refractivity contribution in [3.63, 3.8) is 0 Å². The monoisotopic (exact) mass is 305 g/mol. The van der Waals surface area contributed by atoms with Crippen LogP contribution in [0.1, 0.15) is 12.8 Å². The molecule has 112 valence electrons. The van der Waals surface area contributed by atoms with Crippen molar-refractivity contribution < 1.29 is 4.74 Å². The summed E-state index contributed by atoms with van der Waals surface area (Å²) in [6.07, 6.45) is 8.15. The van der Waals surface area contributed by atoms with Crippen LogP contribution in [0.5, 0.6) is 5.75 Å². The van der Waals surface area contributed by atoms with Crippen molar-refractivity contribution in [3.8, 4) is 5.75 Å². The van der Waals surface area contributed by atoms with Crippen LogP contribution in [0.2, 0.25) is 5.02 Å². The number of nitrogens with zero attached hydrogens (tertiary/aromatic N) is 3. The Balaban J connectivity index is 1.42. The third-order valence-electron chi connectivity index (χ3n) is 3.81. The maximum atomic E-state index is 6.13. The van der Waals surface area contributed by atoms with Crippen LogP contribution in [-0.2, 0) is 6.54 Å². The van der Waals surface area contributed by atoms with Gasteiger partial charge in [-0.05, 0) is 31.5 Å². The molecule has 0 N–H and O–H groups in total. The number of likely N-dealkylation sites (tertiary alicyclic amines) is 1. The molecule has 1 atom stereocenters. The predicted octanol–water partition coefficient (Wildman–Crippen LogP) is 3.08. The van der Waals surface area contributed by atoms with E-state index >= 15 is 0 Å². The van der Waals surface area contributed by atoms with Gasteiger partial charge in [0, 0.05) is 32.0 Å². The minimum Gasteiger partial charge on any atom is -0.487 e. The molecule has 0 bridgehead atoms. The minimum atomic E-state index is 0.248. The number of aromatic nitrogens is 2. The average Bonchev–Trinajstić information content (AvgIpc) is 3.14. The third kappa shape index (κ3) is 3.99. The second-order valence-corrected chi connectivity index (χ2v) is 5.82. The molecule has 4 nitrogen and oxygen atoms in total. The van der Waals surface area contributed by atoms with Gasteiger partial charge in [-0.2, -0.15) is 0 Å². The zero-order valence-corrected chi connectivity index (χ0v) is 12.7. The molecule has 1 aromatic carbocycles. The summed E-state index contributed by atoms with van der Waals surface area (Å²) < 4.78 is 8.12. The smallest absolute Gasteiger partial charge is 0.138 e. The first-order valence-corrected chi connectivity index (χ1v) is 7.78. The highest BCUT2D eigenvalue weighted by atomic mass is 35.5. The molecule has 21 heavy (non-hydrogen) atoms. The zero-order chi connectivity index (χ0) is 14.5. The maximum absolute atomic E-state index is 6.13. The first-order valence-electron chi connectivity index (χ1n) is 7.40. The SMILES string of the molecule is Clc1ccccc1O[C@H]1CCN(CCCn2ccnc2)C1. The number of para-hydroxylation sites is 1. The number of hydrogen-bond acceptors (Lipinski definition) is 3. The van der Waals surface area contributed by atoms with Crippen LogP contribution in [0.3, 0.4) is 0 Å². The van der Waals surface area contributed by atoms with E-state index in [2.05, 4.69) is 14.5 Å². The number of hydrogen-bond donors (Lipinski definition) is 0. The Bertz CT molecular complexity index is 558. The molecule has 0 radical (unpaired) electrons. The minimum absolute atomic E-state index is 0.248. The molecule has 3 rings (SSSR count). The van der Waals surface area contributed by atoms with E-state index in [-0.39, 0.29) is 6.10 Å². The van der Waals surface area contributed by atoms with Crippen LogP contribution in [-0.4, -0.2) is 40.2 Å². The van der Waals surface area contributed by atoms with E-state index in [1.165, 1.54) is 0 Å². The molecule has 0 saturated carbocycles. The highest BCUT2D eigenvalue weighted by Gasteiger charge is 2.23. The topological polar surface area (TPSA) is 30.3 Å². The van der Waals surface area contributed by atoms with Crippen molar-refractivity contribution >= 4 is 11.6 Å². The number of halogens is 1. The van der Waals surface area contributed by atoms with Crippen molar-refractivity contribution in [2.24, 2.45) is 0 Å². The first-order chi connectivity index (χ1) is 10.3. The van der Waals surface area contributed by atoms with Crippen molar-refractivity contribution in [2.45, 2.75) is 25.5 Å². The molecule has 2 heterocycles. The van der Waals surface area contributed by atoms with Gasteiger partial charge in [0.25, 0.3) is 0 Å². The quantitative estimate of drug-likeness (QED) is 0.821. The fraction of sp³-hybridized carbons (Fsp3) is 0.438. The molecule has 1 aliphatic rings. The van der Waals surface area contributed by atoms with Gasteiger partial charge in [-0.25, -0.2) is 4.98 Å². The number of imidazole rings is 1. The van der Waals surface area contributed by atoms with Gasteiger partial charge in [0.1, 0.15) is 11.9 Å². The fourth-order valence-corrected chi connectivity index (χ4v) is 2.89. The number of benzene rings is 1. The van der Waals surface area contributed by atoms with Crippen molar-refractivity contribution in [1.82, 2.24) is 14.5 Å². The summed E-state index contributed by atoms with van der Waals surface area (Å²) in [5, 5.41) is 0.691. The fourth-order valence-electron chi connectivity index (χ4n) is 2.71. The molecule has 1 fully saturated rings. The van der Waals surface area contributed by atoms with Crippen molar-refractivity contribution in [2.75, 3.05) is 19.6 Å². The van der Waals surface area contributed by atoms with E-state index in [4.69, 9.17) is 16.3 Å². The lowest BCUT2D eigenvalue weighted by Crippen LogP contribution is -2.26. The van der Waals surface area contributed by atoms with E-state index in [1.54, 1.807) is 0 Å². The normalized spacial score (nSPS) is 19.0. The molecule has 0 aliphatic carbocycles. The van der Waals surface area contributed by atoms with Crippen molar-refractivity contribution in [3.05, 3.63) is 48.0 Å². The lowest BCUT2D eigenvalue weighted by molar-refractivity contribution is 0.199. The Hall–Kier alpha value is -1.52. The largest absolute Gasteiger partial charge is 0.487 e. The number of ether oxygens (including phenoxy) is 1. The zero-order valence-electron chi connectivity index (χ0n) is 12.0. The molecule has 0 spiro atoms. The van der Waals surface area contributed by atoms with Gasteiger partial charge in [0.05, 0.1) is 11.3 Å². The summed E-state index contributed by atoms with van der Waals surface area (Å²) in [7, 11) is 0. The van der Waals surface area contributed by atoms with Gasteiger partial charge in [-0.1, -0.05) is 23.7 Å². The predicted molar refractivity (Wildman–Crippen MR) is 83.8 cm³/mol. The average molecular weight is 306 g/mol. The van der Waals surface area contributed by atoms with E-state index in [1.807, 2.05) is 43.0 Å². The highest BCUT2D eigenvalue weighted by molar-refractivity contribution is 6.32. The molecule has 0 unspecified atom stereocenters. The molecule has 5 heteroatoms. The molecule has 1 saturated heterocycles. The Labute approximate surface area is 130 Å².